The SMILES string of the molecule is Cc1nn(-c2ccccn2)c(C)c1N. The quantitative estimate of drug-likeness (QED) is 0.737. The highest BCUT2D eigenvalue weighted by Gasteiger charge is 2.09. The van der Waals surface area contributed by atoms with Crippen molar-refractivity contribution in [2.24, 2.45) is 0 Å². The maximum absolute atomic E-state index is 5.83. The van der Waals surface area contributed by atoms with Crippen molar-refractivity contribution in [3.8, 4) is 5.82 Å². The standard InChI is InChI=1S/C10H12N4/c1-7-10(11)8(2)14(13-7)9-5-3-4-6-12-9/h3-6H,11H2,1-2H3. The number of rotatable bonds is 1. The Morgan fingerprint density at radius 2 is 2.07 bits per heavy atom. The normalized spacial score (nSPS) is 10.4. The van der Waals surface area contributed by atoms with Gasteiger partial charge in [0.1, 0.15) is 0 Å². The Balaban J connectivity index is 2.58. The van der Waals surface area contributed by atoms with E-state index >= 15 is 0 Å². The molecular formula is C10H12N4. The van der Waals surface area contributed by atoms with Crippen molar-refractivity contribution in [3.63, 3.8) is 0 Å². The molecule has 0 saturated carbocycles. The van der Waals surface area contributed by atoms with Gasteiger partial charge in [0.05, 0.1) is 17.1 Å². The van der Waals surface area contributed by atoms with Crippen LogP contribution in [0.5, 0.6) is 0 Å². The van der Waals surface area contributed by atoms with Gasteiger partial charge in [0.2, 0.25) is 0 Å². The number of nitrogens with two attached hydrogens (primary N) is 1. The average molecular weight is 188 g/mol. The fourth-order valence-electron chi connectivity index (χ4n) is 1.36. The molecular weight excluding hydrogens is 176 g/mol. The third-order valence-corrected chi connectivity index (χ3v) is 2.21. The lowest BCUT2D eigenvalue weighted by Crippen LogP contribution is -2.01. The van der Waals surface area contributed by atoms with Crippen LogP contribution in [0.3, 0.4) is 0 Å². The molecule has 0 amide bonds. The van der Waals surface area contributed by atoms with Crippen molar-refractivity contribution >= 4 is 5.69 Å². The molecule has 0 spiro atoms. The van der Waals surface area contributed by atoms with Crippen LogP contribution in [0.2, 0.25) is 0 Å². The predicted molar refractivity (Wildman–Crippen MR) is 55.2 cm³/mol. The molecule has 2 N–H and O–H groups in total. The van der Waals surface area contributed by atoms with E-state index in [1.165, 1.54) is 0 Å². The van der Waals surface area contributed by atoms with Crippen LogP contribution in [0.15, 0.2) is 24.4 Å². The molecule has 2 heterocycles. The number of aromatic nitrogens is 3. The van der Waals surface area contributed by atoms with Crippen LogP contribution in [0.25, 0.3) is 5.82 Å². The maximum Gasteiger partial charge on any atom is 0.153 e. The first-order valence-electron chi connectivity index (χ1n) is 4.43. The predicted octanol–water partition coefficient (Wildman–Crippen LogP) is 1.47. The first-order chi connectivity index (χ1) is 6.70. The van der Waals surface area contributed by atoms with E-state index in [9.17, 15) is 0 Å². The largest absolute Gasteiger partial charge is 0.396 e. The Bertz CT molecular complexity index is 445. The lowest BCUT2D eigenvalue weighted by Gasteiger charge is -2.01. The minimum absolute atomic E-state index is 0.732. The molecule has 0 saturated heterocycles. The third kappa shape index (κ3) is 1.25. The minimum atomic E-state index is 0.732. The van der Waals surface area contributed by atoms with Crippen molar-refractivity contribution < 1.29 is 0 Å². The molecule has 0 fully saturated rings. The molecule has 0 radical (unpaired) electrons. The number of hydrogen-bond acceptors (Lipinski definition) is 3. The van der Waals surface area contributed by atoms with Gasteiger partial charge in [0.15, 0.2) is 5.82 Å². The lowest BCUT2D eigenvalue weighted by atomic mass is 10.3. The zero-order valence-corrected chi connectivity index (χ0v) is 8.23. The highest BCUT2D eigenvalue weighted by Crippen LogP contribution is 2.17. The van der Waals surface area contributed by atoms with E-state index in [1.54, 1.807) is 10.9 Å². The van der Waals surface area contributed by atoms with Crippen LogP contribution in [0, 0.1) is 13.8 Å². The molecule has 2 rings (SSSR count). The molecule has 0 unspecified atom stereocenters. The summed E-state index contributed by atoms with van der Waals surface area (Å²) >= 11 is 0. The summed E-state index contributed by atoms with van der Waals surface area (Å²) in [7, 11) is 0. The molecule has 72 valence electrons. The molecule has 4 nitrogen and oxygen atoms in total. The number of pyridine rings is 1. The van der Waals surface area contributed by atoms with E-state index < -0.39 is 0 Å². The first-order valence-corrected chi connectivity index (χ1v) is 4.43. The van der Waals surface area contributed by atoms with Crippen LogP contribution < -0.4 is 5.73 Å². The number of nitrogens with zero attached hydrogens (tertiary/aromatic N) is 3. The van der Waals surface area contributed by atoms with E-state index in [1.807, 2.05) is 32.0 Å². The molecule has 0 aliphatic carbocycles. The first kappa shape index (κ1) is 8.74. The van der Waals surface area contributed by atoms with Gasteiger partial charge in [-0.15, -0.1) is 0 Å². The highest BCUT2D eigenvalue weighted by molar-refractivity contribution is 5.49. The summed E-state index contributed by atoms with van der Waals surface area (Å²) in [6, 6.07) is 5.70. The number of anilines is 1. The molecule has 0 aliphatic rings. The Kier molecular flexibility index (Phi) is 1.96. The summed E-state index contributed by atoms with van der Waals surface area (Å²) in [5, 5.41) is 4.31. The Hall–Kier alpha value is -1.84. The molecule has 0 aliphatic heterocycles. The Morgan fingerprint density at radius 1 is 1.29 bits per heavy atom. The minimum Gasteiger partial charge on any atom is -0.396 e. The number of aryl methyl sites for hydroxylation is 1. The van der Waals surface area contributed by atoms with E-state index in [2.05, 4.69) is 10.1 Å². The smallest absolute Gasteiger partial charge is 0.153 e. The molecule has 0 bridgehead atoms. The second-order valence-corrected chi connectivity index (χ2v) is 3.18. The van der Waals surface area contributed by atoms with Gasteiger partial charge < -0.3 is 5.73 Å². The summed E-state index contributed by atoms with van der Waals surface area (Å²) in [4.78, 5) is 4.21. The third-order valence-electron chi connectivity index (χ3n) is 2.21. The van der Waals surface area contributed by atoms with Gasteiger partial charge in [-0.05, 0) is 26.0 Å². The topological polar surface area (TPSA) is 56.7 Å². The Morgan fingerprint density at radius 3 is 2.57 bits per heavy atom. The van der Waals surface area contributed by atoms with Crippen LogP contribution >= 0.6 is 0 Å². The fourth-order valence-corrected chi connectivity index (χ4v) is 1.36. The zero-order valence-electron chi connectivity index (χ0n) is 8.23. The summed E-state index contributed by atoms with van der Waals surface area (Å²) in [6.07, 6.45) is 1.74. The van der Waals surface area contributed by atoms with Crippen LogP contribution in [-0.2, 0) is 0 Å². The van der Waals surface area contributed by atoms with E-state index in [4.69, 9.17) is 5.73 Å². The molecule has 2 aromatic rings. The van der Waals surface area contributed by atoms with Crippen molar-refractivity contribution in [2.45, 2.75) is 13.8 Å². The van der Waals surface area contributed by atoms with E-state index in [0.717, 1.165) is 22.9 Å². The lowest BCUT2D eigenvalue weighted by molar-refractivity contribution is 0.806. The Labute approximate surface area is 82.4 Å². The fraction of sp³-hybridized carbons (Fsp3) is 0.200. The number of hydrogen-bond donors (Lipinski definition) is 1. The monoisotopic (exact) mass is 188 g/mol. The maximum atomic E-state index is 5.83. The van der Waals surface area contributed by atoms with Gasteiger partial charge in [0, 0.05) is 6.20 Å². The summed E-state index contributed by atoms with van der Waals surface area (Å²) in [5.41, 5.74) is 8.33. The van der Waals surface area contributed by atoms with Crippen molar-refractivity contribution in [2.75, 3.05) is 5.73 Å². The van der Waals surface area contributed by atoms with Gasteiger partial charge in [-0.1, -0.05) is 6.07 Å². The zero-order chi connectivity index (χ0) is 10.1. The molecule has 0 atom stereocenters. The number of nitrogen functional groups attached to an aromatic ring is 1. The molecule has 0 aromatic carbocycles. The molecule has 2 aromatic heterocycles. The average Bonchev–Trinajstić information content (AvgIpc) is 2.47. The summed E-state index contributed by atoms with van der Waals surface area (Å²) in [6.45, 7) is 3.83. The van der Waals surface area contributed by atoms with Gasteiger partial charge in [-0.3, -0.25) is 0 Å². The highest BCUT2D eigenvalue weighted by atomic mass is 15.3. The van der Waals surface area contributed by atoms with Gasteiger partial charge in [0.25, 0.3) is 0 Å². The van der Waals surface area contributed by atoms with Crippen LogP contribution in [-0.4, -0.2) is 14.8 Å². The van der Waals surface area contributed by atoms with Crippen molar-refractivity contribution in [1.82, 2.24) is 14.8 Å². The van der Waals surface area contributed by atoms with Crippen LogP contribution in [0.1, 0.15) is 11.4 Å². The summed E-state index contributed by atoms with van der Waals surface area (Å²) in [5.74, 6) is 0.796. The van der Waals surface area contributed by atoms with Crippen molar-refractivity contribution in [1.29, 1.82) is 0 Å². The summed E-state index contributed by atoms with van der Waals surface area (Å²) < 4.78 is 1.75. The van der Waals surface area contributed by atoms with Gasteiger partial charge in [-0.25, -0.2) is 9.67 Å². The van der Waals surface area contributed by atoms with E-state index in [0.29, 0.717) is 0 Å². The van der Waals surface area contributed by atoms with E-state index in [-0.39, 0.29) is 0 Å². The van der Waals surface area contributed by atoms with Crippen molar-refractivity contribution in [3.05, 3.63) is 35.8 Å². The second-order valence-electron chi connectivity index (χ2n) is 3.18. The van der Waals surface area contributed by atoms with Gasteiger partial charge in [-0.2, -0.15) is 5.10 Å². The molecule has 14 heavy (non-hydrogen) atoms. The van der Waals surface area contributed by atoms with Gasteiger partial charge >= 0.3 is 0 Å². The van der Waals surface area contributed by atoms with Crippen LogP contribution in [0.4, 0.5) is 5.69 Å². The molecule has 4 heteroatoms. The second kappa shape index (κ2) is 3.14.